The highest BCUT2D eigenvalue weighted by molar-refractivity contribution is 5.76. The second-order valence-electron chi connectivity index (χ2n) is 6.06. The SMILES string of the molecule is C[C@@H](NC(=O)CCC(C)(C)C)c1n[nH]c(CC(=O)O)n1. The molecule has 0 spiro atoms. The van der Waals surface area contributed by atoms with Gasteiger partial charge in [0.05, 0.1) is 6.04 Å². The van der Waals surface area contributed by atoms with E-state index in [0.29, 0.717) is 12.2 Å². The lowest BCUT2D eigenvalue weighted by Gasteiger charge is -2.18. The van der Waals surface area contributed by atoms with Crippen molar-refractivity contribution in [1.82, 2.24) is 20.5 Å². The van der Waals surface area contributed by atoms with Crippen LogP contribution in [0, 0.1) is 5.41 Å². The molecule has 1 atom stereocenters. The molecular formula is C13H22N4O3. The molecule has 0 unspecified atom stereocenters. The molecule has 0 aliphatic rings. The van der Waals surface area contributed by atoms with Gasteiger partial charge in [-0.3, -0.25) is 14.7 Å². The van der Waals surface area contributed by atoms with Gasteiger partial charge in [0.15, 0.2) is 5.82 Å². The van der Waals surface area contributed by atoms with Crippen LogP contribution in [-0.2, 0) is 16.0 Å². The Balaban J connectivity index is 2.49. The van der Waals surface area contributed by atoms with E-state index < -0.39 is 5.97 Å². The number of hydrogen-bond donors (Lipinski definition) is 3. The first-order chi connectivity index (χ1) is 9.17. The summed E-state index contributed by atoms with van der Waals surface area (Å²) in [4.78, 5) is 26.4. The smallest absolute Gasteiger partial charge is 0.311 e. The van der Waals surface area contributed by atoms with Gasteiger partial charge in [-0.05, 0) is 18.8 Å². The van der Waals surface area contributed by atoms with Crippen molar-refractivity contribution in [3.05, 3.63) is 11.6 Å². The number of aromatic amines is 1. The topological polar surface area (TPSA) is 108 Å². The molecule has 0 fully saturated rings. The second kappa shape index (κ2) is 6.49. The van der Waals surface area contributed by atoms with E-state index in [4.69, 9.17) is 5.11 Å². The summed E-state index contributed by atoms with van der Waals surface area (Å²) in [5.74, 6) is -0.361. The molecule has 1 aromatic rings. The minimum atomic E-state index is -0.977. The average molecular weight is 282 g/mol. The number of carboxylic acids is 1. The number of nitrogens with one attached hydrogen (secondary N) is 2. The van der Waals surface area contributed by atoms with E-state index in [1.165, 1.54) is 0 Å². The van der Waals surface area contributed by atoms with Crippen molar-refractivity contribution in [2.45, 2.75) is 53.0 Å². The maximum atomic E-state index is 11.8. The van der Waals surface area contributed by atoms with Crippen molar-refractivity contribution in [2.75, 3.05) is 0 Å². The fourth-order valence-corrected chi connectivity index (χ4v) is 1.59. The molecule has 0 bridgehead atoms. The number of nitrogens with zero attached hydrogens (tertiary/aromatic N) is 2. The Kier molecular flexibility index (Phi) is 5.24. The normalized spacial score (nSPS) is 13.0. The Morgan fingerprint density at radius 3 is 2.60 bits per heavy atom. The second-order valence-corrected chi connectivity index (χ2v) is 6.06. The number of rotatable bonds is 6. The van der Waals surface area contributed by atoms with Crippen LogP contribution in [0.4, 0.5) is 0 Å². The monoisotopic (exact) mass is 282 g/mol. The Labute approximate surface area is 118 Å². The average Bonchev–Trinajstić information content (AvgIpc) is 2.73. The van der Waals surface area contributed by atoms with Gasteiger partial charge in [-0.1, -0.05) is 20.8 Å². The van der Waals surface area contributed by atoms with Crippen molar-refractivity contribution < 1.29 is 14.7 Å². The summed E-state index contributed by atoms with van der Waals surface area (Å²) in [6.07, 6.45) is 1.03. The van der Waals surface area contributed by atoms with Crippen molar-refractivity contribution in [3.63, 3.8) is 0 Å². The molecule has 7 nitrogen and oxygen atoms in total. The molecule has 1 heterocycles. The van der Waals surface area contributed by atoms with Crippen LogP contribution in [0.15, 0.2) is 0 Å². The van der Waals surface area contributed by atoms with Gasteiger partial charge in [0.2, 0.25) is 5.91 Å². The zero-order valence-corrected chi connectivity index (χ0v) is 12.4. The van der Waals surface area contributed by atoms with E-state index in [9.17, 15) is 9.59 Å². The molecule has 1 amide bonds. The van der Waals surface area contributed by atoms with Crippen molar-refractivity contribution in [2.24, 2.45) is 5.41 Å². The fraction of sp³-hybridized carbons (Fsp3) is 0.692. The number of amides is 1. The van der Waals surface area contributed by atoms with Crippen LogP contribution >= 0.6 is 0 Å². The maximum absolute atomic E-state index is 11.8. The van der Waals surface area contributed by atoms with E-state index >= 15 is 0 Å². The lowest BCUT2D eigenvalue weighted by Crippen LogP contribution is -2.28. The number of aromatic nitrogens is 3. The van der Waals surface area contributed by atoms with Crippen LogP contribution in [0.1, 0.15) is 58.2 Å². The van der Waals surface area contributed by atoms with Crippen LogP contribution in [-0.4, -0.2) is 32.2 Å². The van der Waals surface area contributed by atoms with E-state index in [1.54, 1.807) is 6.92 Å². The van der Waals surface area contributed by atoms with Crippen LogP contribution < -0.4 is 5.32 Å². The molecule has 3 N–H and O–H groups in total. The molecule has 0 aliphatic heterocycles. The quantitative estimate of drug-likeness (QED) is 0.731. The molecule has 7 heteroatoms. The first-order valence-electron chi connectivity index (χ1n) is 6.60. The van der Waals surface area contributed by atoms with E-state index in [0.717, 1.165) is 6.42 Å². The highest BCUT2D eigenvalue weighted by Crippen LogP contribution is 2.20. The van der Waals surface area contributed by atoms with Crippen molar-refractivity contribution in [3.8, 4) is 0 Å². The summed E-state index contributed by atoms with van der Waals surface area (Å²) in [5.41, 5.74) is 0.111. The number of carbonyl (C=O) groups is 2. The van der Waals surface area contributed by atoms with E-state index in [-0.39, 0.29) is 29.6 Å². The summed E-state index contributed by atoms with van der Waals surface area (Å²) in [6.45, 7) is 8.01. The van der Waals surface area contributed by atoms with Gasteiger partial charge >= 0.3 is 5.97 Å². The summed E-state index contributed by atoms with van der Waals surface area (Å²) < 4.78 is 0. The fourth-order valence-electron chi connectivity index (χ4n) is 1.59. The predicted octanol–water partition coefficient (Wildman–Crippen LogP) is 1.44. The summed E-state index contributed by atoms with van der Waals surface area (Å²) in [7, 11) is 0. The third-order valence-corrected chi connectivity index (χ3v) is 2.73. The highest BCUT2D eigenvalue weighted by atomic mass is 16.4. The van der Waals surface area contributed by atoms with Gasteiger partial charge < -0.3 is 10.4 Å². The van der Waals surface area contributed by atoms with Crippen LogP contribution in [0.25, 0.3) is 0 Å². The first kappa shape index (κ1) is 16.1. The van der Waals surface area contributed by atoms with Gasteiger partial charge in [-0.15, -0.1) is 0 Å². The van der Waals surface area contributed by atoms with Crippen molar-refractivity contribution >= 4 is 11.9 Å². The molecule has 1 rings (SSSR count). The summed E-state index contributed by atoms with van der Waals surface area (Å²) >= 11 is 0. The van der Waals surface area contributed by atoms with Crippen LogP contribution in [0.3, 0.4) is 0 Å². The van der Waals surface area contributed by atoms with Gasteiger partial charge in [0.25, 0.3) is 0 Å². The van der Waals surface area contributed by atoms with E-state index in [1.807, 2.05) is 0 Å². The Hall–Kier alpha value is -1.92. The molecular weight excluding hydrogens is 260 g/mol. The number of H-pyrrole nitrogens is 1. The third-order valence-electron chi connectivity index (χ3n) is 2.73. The minimum absolute atomic E-state index is 0.0583. The number of carbonyl (C=O) groups excluding carboxylic acids is 1. The number of hydrogen-bond acceptors (Lipinski definition) is 4. The van der Waals surface area contributed by atoms with E-state index in [2.05, 4.69) is 41.3 Å². The van der Waals surface area contributed by atoms with Gasteiger partial charge in [0.1, 0.15) is 12.2 Å². The van der Waals surface area contributed by atoms with Crippen LogP contribution in [0.2, 0.25) is 0 Å². The summed E-state index contributed by atoms with van der Waals surface area (Å²) in [6, 6.07) is -0.346. The highest BCUT2D eigenvalue weighted by Gasteiger charge is 2.17. The largest absolute Gasteiger partial charge is 0.481 e. The minimum Gasteiger partial charge on any atom is -0.481 e. The number of aliphatic carboxylic acids is 1. The van der Waals surface area contributed by atoms with Gasteiger partial charge in [-0.25, -0.2) is 4.98 Å². The van der Waals surface area contributed by atoms with Gasteiger partial charge in [0, 0.05) is 6.42 Å². The molecule has 0 aromatic carbocycles. The third kappa shape index (κ3) is 5.81. The lowest BCUT2D eigenvalue weighted by atomic mass is 9.90. The summed E-state index contributed by atoms with van der Waals surface area (Å²) in [5, 5.41) is 17.9. The first-order valence-corrected chi connectivity index (χ1v) is 6.60. The molecule has 0 aliphatic carbocycles. The molecule has 0 saturated carbocycles. The Morgan fingerprint density at radius 2 is 2.05 bits per heavy atom. The molecule has 20 heavy (non-hydrogen) atoms. The van der Waals surface area contributed by atoms with Crippen molar-refractivity contribution in [1.29, 1.82) is 0 Å². The van der Waals surface area contributed by atoms with Gasteiger partial charge in [-0.2, -0.15) is 5.10 Å². The Morgan fingerprint density at radius 1 is 1.40 bits per heavy atom. The lowest BCUT2D eigenvalue weighted by molar-refractivity contribution is -0.136. The number of carboxylic acid groups (broad SMARTS) is 1. The maximum Gasteiger partial charge on any atom is 0.311 e. The zero-order chi connectivity index (χ0) is 15.3. The zero-order valence-electron chi connectivity index (χ0n) is 12.4. The standard InChI is InChI=1S/C13H22N4O3/c1-8(14-10(18)5-6-13(2,3)4)12-15-9(16-17-12)7-11(19)20/h8H,5-7H2,1-4H3,(H,14,18)(H,19,20)(H,15,16,17)/t8-/m1/s1. The van der Waals surface area contributed by atoms with Crippen LogP contribution in [0.5, 0.6) is 0 Å². The Bertz CT molecular complexity index is 476. The molecule has 1 aromatic heterocycles. The predicted molar refractivity (Wildman–Crippen MR) is 73.0 cm³/mol. The molecule has 112 valence electrons. The molecule has 0 radical (unpaired) electrons. The molecule has 0 saturated heterocycles.